The fraction of sp³-hybridized carbons (Fsp3) is 0.500. The molecule has 29 heavy (non-hydrogen) atoms. The summed E-state index contributed by atoms with van der Waals surface area (Å²) in [6, 6.07) is 5.39. The van der Waals surface area contributed by atoms with Gasteiger partial charge in [-0.25, -0.2) is 4.98 Å². The van der Waals surface area contributed by atoms with Crippen molar-refractivity contribution in [3.05, 3.63) is 45.4 Å². The lowest BCUT2D eigenvalue weighted by Gasteiger charge is -2.31. The highest BCUT2D eigenvalue weighted by atomic mass is 16.5. The molecule has 0 spiro atoms. The highest BCUT2D eigenvalue weighted by Crippen LogP contribution is 2.29. The molecule has 0 aliphatic carbocycles. The number of likely N-dealkylation sites (N-methyl/N-ethyl adjacent to an activating group) is 1. The van der Waals surface area contributed by atoms with E-state index in [1.54, 1.807) is 25.1 Å². The van der Waals surface area contributed by atoms with Crippen molar-refractivity contribution in [1.29, 1.82) is 0 Å². The molecule has 0 amide bonds. The second-order valence-corrected chi connectivity index (χ2v) is 7.69. The summed E-state index contributed by atoms with van der Waals surface area (Å²) in [7, 11) is 2.10. The molecule has 0 atom stereocenters. The van der Waals surface area contributed by atoms with Crippen molar-refractivity contribution in [2.75, 3.05) is 46.4 Å². The van der Waals surface area contributed by atoms with E-state index in [1.165, 1.54) is 0 Å². The fourth-order valence-corrected chi connectivity index (χ4v) is 3.30. The number of ether oxygens (including phenoxy) is 1. The second kappa shape index (κ2) is 9.33. The molecule has 0 saturated carbocycles. The van der Waals surface area contributed by atoms with Gasteiger partial charge in [0.15, 0.2) is 5.78 Å². The van der Waals surface area contributed by atoms with Crippen LogP contribution in [-0.4, -0.2) is 71.9 Å². The van der Waals surface area contributed by atoms with E-state index in [9.17, 15) is 9.59 Å². The van der Waals surface area contributed by atoms with Crippen LogP contribution < -0.4 is 10.3 Å². The summed E-state index contributed by atoms with van der Waals surface area (Å²) >= 11 is 0. The molecule has 156 valence electrons. The van der Waals surface area contributed by atoms with Crippen LogP contribution in [0.25, 0.3) is 11.4 Å². The van der Waals surface area contributed by atoms with Gasteiger partial charge in [-0.3, -0.25) is 14.5 Å². The number of carbonyl (C=O) groups excluding carboxylic acids is 1. The number of nitrogens with zero attached hydrogens (tertiary/aromatic N) is 3. The average Bonchev–Trinajstić information content (AvgIpc) is 2.71. The highest BCUT2D eigenvalue weighted by Gasteiger charge is 2.19. The third-order valence-corrected chi connectivity index (χ3v) is 5.38. The lowest BCUT2D eigenvalue weighted by molar-refractivity contribution is 0.0876. The van der Waals surface area contributed by atoms with Crippen LogP contribution in [0, 0.1) is 13.8 Å². The Morgan fingerprint density at radius 3 is 2.59 bits per heavy atom. The molecule has 3 rings (SSSR count). The largest absolute Gasteiger partial charge is 0.493 e. The van der Waals surface area contributed by atoms with Gasteiger partial charge >= 0.3 is 0 Å². The Labute approximate surface area is 171 Å². The number of nitrogens with one attached hydrogen (secondary N) is 1. The van der Waals surface area contributed by atoms with Crippen molar-refractivity contribution in [3.63, 3.8) is 0 Å². The quantitative estimate of drug-likeness (QED) is 0.721. The van der Waals surface area contributed by atoms with Crippen molar-refractivity contribution in [2.24, 2.45) is 0 Å². The normalized spacial score (nSPS) is 15.4. The predicted molar refractivity (Wildman–Crippen MR) is 114 cm³/mol. The number of aromatic nitrogens is 2. The van der Waals surface area contributed by atoms with E-state index in [4.69, 9.17) is 4.74 Å². The van der Waals surface area contributed by atoms with Gasteiger partial charge in [-0.05, 0) is 45.5 Å². The van der Waals surface area contributed by atoms with E-state index in [0.717, 1.165) is 32.6 Å². The molecule has 2 aromatic rings. The van der Waals surface area contributed by atoms with E-state index in [1.807, 2.05) is 13.8 Å². The number of piperazine rings is 1. The molecule has 1 fully saturated rings. The number of carbonyl (C=O) groups is 1. The number of ketones is 1. The van der Waals surface area contributed by atoms with E-state index in [0.29, 0.717) is 47.1 Å². The summed E-state index contributed by atoms with van der Waals surface area (Å²) in [5, 5.41) is 0. The maximum atomic E-state index is 12.9. The minimum atomic E-state index is -0.178. The Balaban J connectivity index is 1.91. The van der Waals surface area contributed by atoms with Crippen LogP contribution in [0.15, 0.2) is 23.0 Å². The topological polar surface area (TPSA) is 78.5 Å². The molecule has 2 heterocycles. The molecule has 7 heteroatoms. The van der Waals surface area contributed by atoms with E-state index >= 15 is 0 Å². The van der Waals surface area contributed by atoms with E-state index in [-0.39, 0.29) is 11.3 Å². The number of benzene rings is 1. The molecular formula is C22H30N4O3. The number of rotatable bonds is 7. The molecule has 1 aliphatic rings. The average molecular weight is 399 g/mol. The Morgan fingerprint density at radius 2 is 1.93 bits per heavy atom. The Hall–Kier alpha value is -2.51. The highest BCUT2D eigenvalue weighted by molar-refractivity contribution is 5.99. The Kier molecular flexibility index (Phi) is 6.82. The molecule has 1 aromatic carbocycles. The SMILES string of the molecule is CCCOc1ccc(C(=O)CN2CCN(C)CC2)cc1-c1nc(C)c(C)c(=O)[nH]1. The number of H-pyrrole nitrogens is 1. The zero-order valence-electron chi connectivity index (χ0n) is 17.7. The monoisotopic (exact) mass is 398 g/mol. The number of hydrogen-bond acceptors (Lipinski definition) is 6. The molecule has 1 aliphatic heterocycles. The van der Waals surface area contributed by atoms with Crippen LogP contribution in [0.2, 0.25) is 0 Å². The van der Waals surface area contributed by atoms with Crippen LogP contribution in [0.1, 0.15) is 35.0 Å². The van der Waals surface area contributed by atoms with Crippen molar-refractivity contribution in [1.82, 2.24) is 19.8 Å². The first-order chi connectivity index (χ1) is 13.9. The van der Waals surface area contributed by atoms with Crippen LogP contribution in [-0.2, 0) is 0 Å². The zero-order chi connectivity index (χ0) is 21.0. The summed E-state index contributed by atoms with van der Waals surface area (Å²) in [5.74, 6) is 1.11. The van der Waals surface area contributed by atoms with Crippen LogP contribution in [0.5, 0.6) is 5.75 Å². The Morgan fingerprint density at radius 1 is 1.21 bits per heavy atom. The van der Waals surface area contributed by atoms with Gasteiger partial charge in [0.25, 0.3) is 5.56 Å². The predicted octanol–water partition coefficient (Wildman–Crippen LogP) is 2.27. The smallest absolute Gasteiger partial charge is 0.254 e. The van der Waals surface area contributed by atoms with Crippen LogP contribution >= 0.6 is 0 Å². The molecule has 0 radical (unpaired) electrons. The zero-order valence-corrected chi connectivity index (χ0v) is 17.7. The van der Waals surface area contributed by atoms with Crippen LogP contribution in [0.4, 0.5) is 0 Å². The minimum absolute atomic E-state index is 0.0593. The summed E-state index contributed by atoms with van der Waals surface area (Å²) < 4.78 is 5.86. The van der Waals surface area contributed by atoms with E-state index < -0.39 is 0 Å². The number of hydrogen-bond donors (Lipinski definition) is 1. The lowest BCUT2D eigenvalue weighted by Crippen LogP contribution is -2.46. The van der Waals surface area contributed by atoms with Gasteiger partial charge in [0.2, 0.25) is 0 Å². The molecule has 1 aromatic heterocycles. The van der Waals surface area contributed by atoms with Crippen molar-refractivity contribution >= 4 is 5.78 Å². The van der Waals surface area contributed by atoms with Crippen LogP contribution in [0.3, 0.4) is 0 Å². The van der Waals surface area contributed by atoms with Gasteiger partial charge in [-0.1, -0.05) is 6.92 Å². The molecule has 1 N–H and O–H groups in total. The van der Waals surface area contributed by atoms with E-state index in [2.05, 4.69) is 26.8 Å². The summed E-state index contributed by atoms with van der Waals surface area (Å²) in [5.41, 5.74) is 2.32. The standard InChI is InChI=1S/C22H30N4O3/c1-5-12-29-20-7-6-17(19(27)14-26-10-8-25(4)9-11-26)13-18(20)21-23-16(3)15(2)22(28)24-21/h6-7,13H,5,8-12,14H2,1-4H3,(H,23,24,28). The fourth-order valence-electron chi connectivity index (χ4n) is 3.30. The van der Waals surface area contributed by atoms with Gasteiger partial charge in [0, 0.05) is 43.0 Å². The van der Waals surface area contributed by atoms with Gasteiger partial charge < -0.3 is 14.6 Å². The number of aromatic amines is 1. The second-order valence-electron chi connectivity index (χ2n) is 7.69. The first-order valence-corrected chi connectivity index (χ1v) is 10.2. The summed E-state index contributed by atoms with van der Waals surface area (Å²) in [4.78, 5) is 37.0. The summed E-state index contributed by atoms with van der Waals surface area (Å²) in [6.45, 7) is 10.2. The minimum Gasteiger partial charge on any atom is -0.493 e. The number of aryl methyl sites for hydroxylation is 1. The third-order valence-electron chi connectivity index (χ3n) is 5.38. The molecular weight excluding hydrogens is 368 g/mol. The van der Waals surface area contributed by atoms with Crippen molar-refractivity contribution < 1.29 is 9.53 Å². The van der Waals surface area contributed by atoms with Gasteiger partial charge in [-0.2, -0.15) is 0 Å². The van der Waals surface area contributed by atoms with Gasteiger partial charge in [0.1, 0.15) is 11.6 Å². The molecule has 1 saturated heterocycles. The molecule has 0 unspecified atom stereocenters. The first kappa shape index (κ1) is 21.2. The number of Topliss-reactive ketones (excluding diaryl/α,β-unsaturated/α-hetero) is 1. The van der Waals surface area contributed by atoms with Gasteiger partial charge in [-0.15, -0.1) is 0 Å². The van der Waals surface area contributed by atoms with Crippen molar-refractivity contribution in [2.45, 2.75) is 27.2 Å². The maximum Gasteiger partial charge on any atom is 0.254 e. The maximum absolute atomic E-state index is 12.9. The molecule has 0 bridgehead atoms. The molecule has 7 nitrogen and oxygen atoms in total. The Bertz CT molecular complexity index is 930. The summed E-state index contributed by atoms with van der Waals surface area (Å²) in [6.07, 6.45) is 0.862. The van der Waals surface area contributed by atoms with Gasteiger partial charge in [0.05, 0.1) is 18.7 Å². The lowest BCUT2D eigenvalue weighted by atomic mass is 10.0. The first-order valence-electron chi connectivity index (χ1n) is 10.2. The third kappa shape index (κ3) is 5.10. The van der Waals surface area contributed by atoms with Crippen molar-refractivity contribution in [3.8, 4) is 17.1 Å².